The summed E-state index contributed by atoms with van der Waals surface area (Å²) in [5.41, 5.74) is 6.97. The van der Waals surface area contributed by atoms with Gasteiger partial charge in [-0.1, -0.05) is 42.3 Å². The van der Waals surface area contributed by atoms with Gasteiger partial charge in [0.1, 0.15) is 17.7 Å². The molecule has 3 rings (SSSR count). The summed E-state index contributed by atoms with van der Waals surface area (Å²) in [5.74, 6) is 0.730. The number of anilines is 1. The van der Waals surface area contributed by atoms with Crippen molar-refractivity contribution >= 4 is 29.5 Å². The van der Waals surface area contributed by atoms with Gasteiger partial charge in [0.15, 0.2) is 0 Å². The summed E-state index contributed by atoms with van der Waals surface area (Å²) in [7, 11) is 0. The van der Waals surface area contributed by atoms with Gasteiger partial charge in [-0.25, -0.2) is 4.79 Å². The zero-order valence-electron chi connectivity index (χ0n) is 22.8. The molecule has 0 aromatic heterocycles. The molecule has 1 saturated carbocycles. The number of benzene rings is 2. The van der Waals surface area contributed by atoms with E-state index in [0.29, 0.717) is 29.7 Å². The van der Waals surface area contributed by atoms with E-state index in [-0.39, 0.29) is 6.04 Å². The number of rotatable bonds is 9. The Morgan fingerprint density at radius 1 is 1.10 bits per heavy atom. The van der Waals surface area contributed by atoms with Gasteiger partial charge >= 0.3 is 6.09 Å². The van der Waals surface area contributed by atoms with Crippen LogP contribution in [-0.4, -0.2) is 46.4 Å². The topological polar surface area (TPSA) is 131 Å². The summed E-state index contributed by atoms with van der Waals surface area (Å²) < 4.78 is 5.32. The predicted octanol–water partition coefficient (Wildman–Crippen LogP) is 3.81. The third-order valence-electron chi connectivity index (χ3n) is 6.46. The molecule has 0 spiro atoms. The SMILES string of the molecule is C#Cc1ccccc1C(C(=O)Nc1ccccc1C)N(C(=O)C(CC(N)=O)NC(=O)OC(C)(C)C)C1CCC1. The molecular weight excluding hydrogens is 496 g/mol. The fraction of sp³-hybridized carbons (Fsp3) is 0.400. The molecule has 9 nitrogen and oxygen atoms in total. The highest BCUT2D eigenvalue weighted by Gasteiger charge is 2.43. The maximum Gasteiger partial charge on any atom is 0.408 e. The van der Waals surface area contributed by atoms with Crippen LogP contribution in [0.5, 0.6) is 0 Å². The first-order valence-electron chi connectivity index (χ1n) is 12.9. The van der Waals surface area contributed by atoms with Crippen molar-refractivity contribution in [1.29, 1.82) is 0 Å². The number of carbonyl (C=O) groups is 4. The summed E-state index contributed by atoms with van der Waals surface area (Å²) in [6.45, 7) is 6.91. The normalized spacial score (nSPS) is 14.6. The van der Waals surface area contributed by atoms with Crippen LogP contribution >= 0.6 is 0 Å². The van der Waals surface area contributed by atoms with Crippen LogP contribution in [0.1, 0.15) is 69.2 Å². The fourth-order valence-electron chi connectivity index (χ4n) is 4.41. The number of terminal acetylenes is 1. The molecular formula is C30H36N4O5. The van der Waals surface area contributed by atoms with Crippen molar-refractivity contribution in [3.63, 3.8) is 0 Å². The zero-order chi connectivity index (χ0) is 28.7. The second-order valence-corrected chi connectivity index (χ2v) is 10.6. The molecule has 0 bridgehead atoms. The molecule has 0 heterocycles. The molecule has 0 saturated heterocycles. The average molecular weight is 533 g/mol. The Balaban J connectivity index is 2.08. The van der Waals surface area contributed by atoms with E-state index in [4.69, 9.17) is 16.9 Å². The van der Waals surface area contributed by atoms with Crippen LogP contribution in [0.3, 0.4) is 0 Å². The van der Waals surface area contributed by atoms with Gasteiger partial charge in [0.05, 0.1) is 6.42 Å². The van der Waals surface area contributed by atoms with E-state index >= 15 is 0 Å². The number of carbonyl (C=O) groups excluding carboxylic acids is 4. The number of para-hydroxylation sites is 1. The quantitative estimate of drug-likeness (QED) is 0.423. The van der Waals surface area contributed by atoms with Crippen molar-refractivity contribution in [2.24, 2.45) is 5.73 Å². The Morgan fingerprint density at radius 2 is 1.74 bits per heavy atom. The highest BCUT2D eigenvalue weighted by Crippen LogP contribution is 2.35. The minimum absolute atomic E-state index is 0.313. The Hall–Kier alpha value is -4.32. The maximum atomic E-state index is 14.2. The number of amides is 4. The number of nitrogens with two attached hydrogens (primary N) is 1. The van der Waals surface area contributed by atoms with Gasteiger partial charge in [-0.3, -0.25) is 14.4 Å². The maximum absolute atomic E-state index is 14.2. The first kappa shape index (κ1) is 29.2. The lowest BCUT2D eigenvalue weighted by atomic mass is 9.87. The zero-order valence-corrected chi connectivity index (χ0v) is 22.8. The molecule has 2 atom stereocenters. The Labute approximate surface area is 229 Å². The molecule has 2 aromatic rings. The van der Waals surface area contributed by atoms with E-state index in [9.17, 15) is 19.2 Å². The number of primary amides is 1. The minimum atomic E-state index is -1.34. The molecule has 2 aromatic carbocycles. The molecule has 1 aliphatic carbocycles. The molecule has 0 aliphatic heterocycles. The third kappa shape index (κ3) is 7.60. The van der Waals surface area contributed by atoms with Crippen LogP contribution in [0.25, 0.3) is 0 Å². The number of nitrogens with one attached hydrogen (secondary N) is 2. The molecule has 206 valence electrons. The smallest absolute Gasteiger partial charge is 0.408 e. The first-order valence-corrected chi connectivity index (χ1v) is 12.9. The van der Waals surface area contributed by atoms with Gasteiger partial charge in [0.2, 0.25) is 11.8 Å². The third-order valence-corrected chi connectivity index (χ3v) is 6.46. The number of hydrogen-bond donors (Lipinski definition) is 3. The first-order chi connectivity index (χ1) is 18.4. The highest BCUT2D eigenvalue weighted by atomic mass is 16.6. The second kappa shape index (κ2) is 12.5. The fourth-order valence-corrected chi connectivity index (χ4v) is 4.41. The van der Waals surface area contributed by atoms with Gasteiger partial charge in [0.25, 0.3) is 5.91 Å². The summed E-state index contributed by atoms with van der Waals surface area (Å²) in [5, 5.41) is 5.44. The lowest BCUT2D eigenvalue weighted by Gasteiger charge is -2.43. The monoisotopic (exact) mass is 532 g/mol. The van der Waals surface area contributed by atoms with E-state index in [1.807, 2.05) is 19.1 Å². The number of alkyl carbamates (subject to hydrolysis) is 1. The standard InChI is InChI=1S/C30H36N4O5/c1-6-20-13-8-9-16-22(20)26(27(36)32-23-17-10-7-12-19(23)2)34(21-14-11-15-21)28(37)24(18-25(31)35)33-29(38)39-30(3,4)5/h1,7-10,12-13,16-17,21,24,26H,11,14-15,18H2,2-5H3,(H2,31,35)(H,32,36)(H,33,38). The number of nitrogens with zero attached hydrogens (tertiary/aromatic N) is 1. The van der Waals surface area contributed by atoms with Crippen LogP contribution in [0, 0.1) is 19.3 Å². The van der Waals surface area contributed by atoms with Crippen LogP contribution in [0.15, 0.2) is 48.5 Å². The van der Waals surface area contributed by atoms with Crippen molar-refractivity contribution in [2.75, 3.05) is 5.32 Å². The van der Waals surface area contributed by atoms with Crippen molar-refractivity contribution in [2.45, 2.75) is 77.1 Å². The molecule has 9 heteroatoms. The molecule has 1 fully saturated rings. The van der Waals surface area contributed by atoms with Crippen molar-refractivity contribution in [3.8, 4) is 12.3 Å². The lowest BCUT2D eigenvalue weighted by molar-refractivity contribution is -0.146. The van der Waals surface area contributed by atoms with E-state index in [0.717, 1.165) is 12.0 Å². The summed E-state index contributed by atoms with van der Waals surface area (Å²) in [6.07, 6.45) is 6.60. The van der Waals surface area contributed by atoms with E-state index in [2.05, 4.69) is 16.6 Å². The van der Waals surface area contributed by atoms with Gasteiger partial charge in [-0.15, -0.1) is 6.42 Å². The average Bonchev–Trinajstić information content (AvgIpc) is 2.82. The van der Waals surface area contributed by atoms with E-state index < -0.39 is 47.9 Å². The minimum Gasteiger partial charge on any atom is -0.444 e. The van der Waals surface area contributed by atoms with Crippen LogP contribution in [-0.2, 0) is 19.1 Å². The largest absolute Gasteiger partial charge is 0.444 e. The number of hydrogen-bond acceptors (Lipinski definition) is 5. The van der Waals surface area contributed by atoms with Crippen molar-refractivity contribution in [1.82, 2.24) is 10.2 Å². The number of ether oxygens (including phenoxy) is 1. The predicted molar refractivity (Wildman–Crippen MR) is 148 cm³/mol. The molecule has 2 unspecified atom stereocenters. The molecule has 1 aliphatic rings. The Morgan fingerprint density at radius 3 is 2.31 bits per heavy atom. The van der Waals surface area contributed by atoms with E-state index in [1.54, 1.807) is 57.2 Å². The number of aryl methyl sites for hydroxylation is 1. The molecule has 4 N–H and O–H groups in total. The van der Waals surface area contributed by atoms with Gasteiger partial charge < -0.3 is 26.0 Å². The van der Waals surface area contributed by atoms with Crippen molar-refractivity contribution < 1.29 is 23.9 Å². The van der Waals surface area contributed by atoms with Gasteiger partial charge in [0, 0.05) is 17.3 Å². The Kier molecular flexibility index (Phi) is 9.36. The molecule has 0 radical (unpaired) electrons. The van der Waals surface area contributed by atoms with E-state index in [1.165, 1.54) is 4.90 Å². The Bertz CT molecular complexity index is 1270. The summed E-state index contributed by atoms with van der Waals surface area (Å²) in [6, 6.07) is 11.4. The lowest BCUT2D eigenvalue weighted by Crippen LogP contribution is -2.57. The van der Waals surface area contributed by atoms with Crippen molar-refractivity contribution in [3.05, 3.63) is 65.2 Å². The van der Waals surface area contributed by atoms with Crippen LogP contribution in [0.4, 0.5) is 10.5 Å². The van der Waals surface area contributed by atoms with Gasteiger partial charge in [-0.2, -0.15) is 0 Å². The van der Waals surface area contributed by atoms with Gasteiger partial charge in [-0.05, 0) is 70.2 Å². The summed E-state index contributed by atoms with van der Waals surface area (Å²) in [4.78, 5) is 54.2. The van der Waals surface area contributed by atoms with Crippen LogP contribution in [0.2, 0.25) is 0 Å². The summed E-state index contributed by atoms with van der Waals surface area (Å²) >= 11 is 0. The van der Waals surface area contributed by atoms with Crippen LogP contribution < -0.4 is 16.4 Å². The molecule has 4 amide bonds. The highest BCUT2D eigenvalue weighted by molar-refractivity contribution is 6.00. The molecule has 39 heavy (non-hydrogen) atoms. The second-order valence-electron chi connectivity index (χ2n) is 10.6.